The predicted molar refractivity (Wildman–Crippen MR) is 97.7 cm³/mol. The van der Waals surface area contributed by atoms with Crippen molar-refractivity contribution in [2.45, 2.75) is 50.8 Å². The normalized spacial score (nSPS) is 34.5. The number of nitrogens with zero attached hydrogens (tertiary/aromatic N) is 1. The second-order valence-electron chi connectivity index (χ2n) is 7.28. The van der Waals surface area contributed by atoms with Crippen molar-refractivity contribution < 1.29 is 9.13 Å². The van der Waals surface area contributed by atoms with Gasteiger partial charge < -0.3 is 10.1 Å². The van der Waals surface area contributed by atoms with Gasteiger partial charge in [-0.25, -0.2) is 4.39 Å². The third-order valence-electron chi connectivity index (χ3n) is 6.09. The van der Waals surface area contributed by atoms with Crippen LogP contribution in [0.1, 0.15) is 43.7 Å². The Hall–Kier alpha value is -1.27. The molecule has 1 aliphatic heterocycles. The fourth-order valence-electron chi connectivity index (χ4n) is 4.77. The lowest BCUT2D eigenvalue weighted by Gasteiger charge is -2.46. The zero-order valence-corrected chi connectivity index (χ0v) is 14.8. The summed E-state index contributed by atoms with van der Waals surface area (Å²) in [6.45, 7) is 1.93. The van der Waals surface area contributed by atoms with Gasteiger partial charge in [-0.15, -0.1) is 0 Å². The van der Waals surface area contributed by atoms with Crippen molar-refractivity contribution in [3.8, 4) is 0 Å². The van der Waals surface area contributed by atoms with Crippen molar-refractivity contribution in [3.63, 3.8) is 0 Å². The second kappa shape index (κ2) is 5.36. The molecule has 3 aliphatic rings. The molecule has 6 heteroatoms. The van der Waals surface area contributed by atoms with Crippen LogP contribution in [-0.2, 0) is 16.8 Å². The van der Waals surface area contributed by atoms with Gasteiger partial charge in [-0.05, 0) is 50.7 Å². The quantitative estimate of drug-likeness (QED) is 0.628. The zero-order chi connectivity index (χ0) is 17.1. The summed E-state index contributed by atoms with van der Waals surface area (Å²) in [5.74, 6) is -0.354. The molecule has 1 heterocycles. The van der Waals surface area contributed by atoms with Crippen LogP contribution in [0, 0.1) is 11.2 Å². The summed E-state index contributed by atoms with van der Waals surface area (Å²) < 4.78 is 19.6. The first-order chi connectivity index (χ1) is 11.4. The molecule has 3 nitrogen and oxygen atoms in total. The molecular formula is C18H20BFN2OS. The lowest BCUT2D eigenvalue weighted by Crippen LogP contribution is -2.52. The minimum atomic E-state index is -0.607. The lowest BCUT2D eigenvalue weighted by atomic mass is 9.65. The van der Waals surface area contributed by atoms with Crippen LogP contribution in [0.25, 0.3) is 0 Å². The summed E-state index contributed by atoms with van der Waals surface area (Å²) in [6.07, 6.45) is 4.97. The van der Waals surface area contributed by atoms with Crippen molar-refractivity contribution in [2.24, 2.45) is 10.4 Å². The van der Waals surface area contributed by atoms with Crippen molar-refractivity contribution in [1.29, 1.82) is 0 Å². The van der Waals surface area contributed by atoms with E-state index in [0.717, 1.165) is 48.9 Å². The molecule has 2 radical (unpaired) electrons. The molecule has 1 N–H and O–H groups in total. The Labute approximate surface area is 148 Å². The van der Waals surface area contributed by atoms with Crippen LogP contribution >= 0.6 is 12.2 Å². The Bertz CT molecular complexity index is 758. The average molecular weight is 342 g/mol. The molecule has 1 aromatic carbocycles. The van der Waals surface area contributed by atoms with Crippen LogP contribution < -0.4 is 10.8 Å². The number of thiocarbonyl (C=S) groups is 1. The lowest BCUT2D eigenvalue weighted by molar-refractivity contribution is -0.00612. The first-order valence-corrected chi connectivity index (χ1v) is 8.82. The van der Waals surface area contributed by atoms with Crippen LogP contribution in [0.15, 0.2) is 17.1 Å². The molecule has 1 fully saturated rings. The zero-order valence-electron chi connectivity index (χ0n) is 14.0. The summed E-state index contributed by atoms with van der Waals surface area (Å²) in [4.78, 5) is 5.67. The molecule has 1 unspecified atom stereocenters. The first-order valence-electron chi connectivity index (χ1n) is 8.41. The van der Waals surface area contributed by atoms with Crippen LogP contribution in [0.3, 0.4) is 0 Å². The SMILES string of the molecule is [B]c1cc2c(cc1F)CC1(CCC(OC)CC1)C21N=C(C)C(=S)N1. The number of halogens is 1. The number of ether oxygens (including phenoxy) is 1. The van der Waals surface area contributed by atoms with Crippen LogP contribution in [0.2, 0.25) is 0 Å². The molecule has 0 aromatic heterocycles. The number of benzene rings is 1. The Morgan fingerprint density at radius 3 is 2.67 bits per heavy atom. The summed E-state index contributed by atoms with van der Waals surface area (Å²) in [6, 6.07) is 3.33. The van der Waals surface area contributed by atoms with Gasteiger partial charge in [-0.1, -0.05) is 23.7 Å². The minimum Gasteiger partial charge on any atom is -0.381 e. The second-order valence-corrected chi connectivity index (χ2v) is 7.69. The Kier molecular flexibility index (Phi) is 3.63. The molecule has 24 heavy (non-hydrogen) atoms. The number of methoxy groups -OCH3 is 1. The molecule has 0 amide bonds. The van der Waals surface area contributed by atoms with Gasteiger partial charge in [0.1, 0.15) is 18.7 Å². The summed E-state index contributed by atoms with van der Waals surface area (Å²) in [7, 11) is 7.64. The van der Waals surface area contributed by atoms with Crippen LogP contribution in [-0.4, -0.2) is 31.8 Å². The average Bonchev–Trinajstić information content (AvgIpc) is 2.98. The molecule has 1 atom stereocenters. The van der Waals surface area contributed by atoms with Gasteiger partial charge in [-0.3, -0.25) is 4.99 Å². The van der Waals surface area contributed by atoms with E-state index in [2.05, 4.69) is 5.32 Å². The highest BCUT2D eigenvalue weighted by Crippen LogP contribution is 2.59. The minimum absolute atomic E-state index is 0.105. The molecule has 0 saturated heterocycles. The summed E-state index contributed by atoms with van der Waals surface area (Å²) in [5.41, 5.74) is 2.27. The van der Waals surface area contributed by atoms with E-state index in [1.165, 1.54) is 0 Å². The Balaban J connectivity index is 1.86. The third-order valence-corrected chi connectivity index (χ3v) is 6.49. The fraction of sp³-hybridized carbons (Fsp3) is 0.556. The van der Waals surface area contributed by atoms with Gasteiger partial charge in [0.15, 0.2) is 5.66 Å². The molecule has 2 aliphatic carbocycles. The van der Waals surface area contributed by atoms with E-state index in [0.29, 0.717) is 4.99 Å². The Morgan fingerprint density at radius 1 is 1.38 bits per heavy atom. The van der Waals surface area contributed by atoms with Gasteiger partial charge in [0, 0.05) is 18.1 Å². The molecule has 2 spiro atoms. The number of hydrogen-bond donors (Lipinski definition) is 1. The van der Waals surface area contributed by atoms with Crippen molar-refractivity contribution >= 4 is 36.2 Å². The van der Waals surface area contributed by atoms with Crippen LogP contribution in [0.5, 0.6) is 0 Å². The molecule has 4 rings (SSSR count). The topological polar surface area (TPSA) is 33.6 Å². The first kappa shape index (κ1) is 16.2. The number of hydrogen-bond acceptors (Lipinski definition) is 3. The van der Waals surface area contributed by atoms with Crippen LogP contribution in [0.4, 0.5) is 4.39 Å². The van der Waals surface area contributed by atoms with E-state index in [4.69, 9.17) is 29.8 Å². The van der Waals surface area contributed by atoms with E-state index in [1.54, 1.807) is 19.2 Å². The monoisotopic (exact) mass is 342 g/mol. The maximum absolute atomic E-state index is 14.0. The standard InChI is InChI=1S/C18H20BFN2OS/c1-10-16(24)22-18(21-10)13-8-14(19)15(20)7-11(13)9-17(18)5-3-12(23-2)4-6-17/h7-8,12H,3-6,9H2,1-2H3,(H,22,24). The Morgan fingerprint density at radius 2 is 2.08 bits per heavy atom. The molecule has 1 saturated carbocycles. The largest absolute Gasteiger partial charge is 0.381 e. The number of rotatable bonds is 1. The van der Waals surface area contributed by atoms with Gasteiger partial charge in [-0.2, -0.15) is 0 Å². The maximum Gasteiger partial charge on any atom is 0.162 e. The van der Waals surface area contributed by atoms with Gasteiger partial charge >= 0.3 is 0 Å². The van der Waals surface area contributed by atoms with Crippen molar-refractivity contribution in [1.82, 2.24) is 5.32 Å². The smallest absolute Gasteiger partial charge is 0.162 e. The van der Waals surface area contributed by atoms with E-state index < -0.39 is 5.66 Å². The fourth-order valence-corrected chi connectivity index (χ4v) is 4.97. The van der Waals surface area contributed by atoms with E-state index in [1.807, 2.05) is 6.92 Å². The maximum atomic E-state index is 14.0. The number of aliphatic imine (C=N–C) groups is 1. The van der Waals surface area contributed by atoms with Crippen molar-refractivity contribution in [3.05, 3.63) is 29.1 Å². The highest BCUT2D eigenvalue weighted by Gasteiger charge is 2.61. The number of fused-ring (bicyclic) bond motifs is 3. The highest BCUT2D eigenvalue weighted by molar-refractivity contribution is 7.82. The van der Waals surface area contributed by atoms with E-state index in [9.17, 15) is 4.39 Å². The van der Waals surface area contributed by atoms with Gasteiger partial charge in [0.2, 0.25) is 0 Å². The van der Waals surface area contributed by atoms with Crippen molar-refractivity contribution in [2.75, 3.05) is 7.11 Å². The molecule has 1 aromatic rings. The number of nitrogens with one attached hydrogen (secondary N) is 1. The van der Waals surface area contributed by atoms with E-state index in [-0.39, 0.29) is 22.8 Å². The highest BCUT2D eigenvalue weighted by atomic mass is 32.1. The van der Waals surface area contributed by atoms with E-state index >= 15 is 0 Å². The third kappa shape index (κ3) is 2.05. The predicted octanol–water partition coefficient (Wildman–Crippen LogP) is 2.30. The van der Waals surface area contributed by atoms with Gasteiger partial charge in [0.05, 0.1) is 11.8 Å². The van der Waals surface area contributed by atoms with Gasteiger partial charge in [0.25, 0.3) is 0 Å². The molecular weight excluding hydrogens is 322 g/mol. The summed E-state index contributed by atoms with van der Waals surface area (Å²) >= 11 is 5.47. The molecule has 0 bridgehead atoms. The summed E-state index contributed by atoms with van der Waals surface area (Å²) in [5, 5.41) is 3.48. The molecule has 124 valence electrons.